The number of carbonyl (C=O) groups is 1. The normalized spacial score (nSPS) is 10.2. The van der Waals surface area contributed by atoms with E-state index < -0.39 is 0 Å². The Balaban J connectivity index is 2.99. The van der Waals surface area contributed by atoms with E-state index in [0.29, 0.717) is 18.7 Å². The second kappa shape index (κ2) is 4.17. The van der Waals surface area contributed by atoms with Crippen LogP contribution in [0.2, 0.25) is 0 Å². The molecule has 1 aromatic rings. The number of nitrogen functional groups attached to an aromatic ring is 1. The van der Waals surface area contributed by atoms with E-state index in [0.717, 1.165) is 5.56 Å². The lowest BCUT2D eigenvalue weighted by molar-refractivity contribution is 0.0773. The molecule has 78 valence electrons. The minimum absolute atomic E-state index is 0.0567. The lowest BCUT2D eigenvalue weighted by Crippen LogP contribution is -2.31. The molecule has 1 rings (SSSR count). The van der Waals surface area contributed by atoms with Gasteiger partial charge in [0.25, 0.3) is 5.91 Å². The van der Waals surface area contributed by atoms with Gasteiger partial charge in [0.05, 0.1) is 6.26 Å². The maximum atomic E-state index is 11.9. The summed E-state index contributed by atoms with van der Waals surface area (Å²) < 4.78 is 4.99. The first-order valence-corrected chi connectivity index (χ1v) is 4.74. The molecule has 0 unspecified atom stereocenters. The Kier molecular flexibility index (Phi) is 3.17. The fraction of sp³-hybridized carbons (Fsp3) is 0.500. The number of hydrogen-bond donors (Lipinski definition) is 1. The molecular formula is C10H16N2O2. The number of anilines is 1. The largest absolute Gasteiger partial charge is 0.448 e. The van der Waals surface area contributed by atoms with Crippen molar-refractivity contribution < 1.29 is 9.21 Å². The molecule has 0 saturated heterocycles. The summed E-state index contributed by atoms with van der Waals surface area (Å²) in [5.74, 6) is 0.151. The van der Waals surface area contributed by atoms with Crippen molar-refractivity contribution in [1.82, 2.24) is 4.90 Å². The predicted molar refractivity (Wildman–Crippen MR) is 55.1 cm³/mol. The van der Waals surface area contributed by atoms with Crippen LogP contribution in [0.15, 0.2) is 10.7 Å². The van der Waals surface area contributed by atoms with E-state index >= 15 is 0 Å². The molecule has 0 aliphatic rings. The summed E-state index contributed by atoms with van der Waals surface area (Å²) in [5, 5.41) is 0. The van der Waals surface area contributed by atoms with Crippen molar-refractivity contribution in [2.24, 2.45) is 0 Å². The highest BCUT2D eigenvalue weighted by atomic mass is 16.3. The highest BCUT2D eigenvalue weighted by Crippen LogP contribution is 2.20. The third-order valence-electron chi connectivity index (χ3n) is 2.27. The Morgan fingerprint density at radius 1 is 1.50 bits per heavy atom. The Labute approximate surface area is 83.7 Å². The molecular weight excluding hydrogens is 180 g/mol. The van der Waals surface area contributed by atoms with Crippen molar-refractivity contribution in [3.05, 3.63) is 17.4 Å². The van der Waals surface area contributed by atoms with Gasteiger partial charge in [-0.05, 0) is 20.8 Å². The van der Waals surface area contributed by atoms with Crippen LogP contribution in [-0.2, 0) is 0 Å². The molecule has 1 amide bonds. The van der Waals surface area contributed by atoms with E-state index in [-0.39, 0.29) is 11.8 Å². The van der Waals surface area contributed by atoms with Gasteiger partial charge in [0.15, 0.2) is 0 Å². The van der Waals surface area contributed by atoms with Gasteiger partial charge in [-0.1, -0.05) is 0 Å². The third kappa shape index (κ3) is 1.73. The molecule has 0 aromatic carbocycles. The molecule has 0 spiro atoms. The second-order valence-electron chi connectivity index (χ2n) is 3.14. The van der Waals surface area contributed by atoms with Crippen LogP contribution in [0.5, 0.6) is 0 Å². The van der Waals surface area contributed by atoms with E-state index in [9.17, 15) is 4.79 Å². The van der Waals surface area contributed by atoms with Gasteiger partial charge < -0.3 is 15.1 Å². The zero-order valence-corrected chi connectivity index (χ0v) is 8.83. The van der Waals surface area contributed by atoms with Crippen LogP contribution in [-0.4, -0.2) is 23.9 Å². The summed E-state index contributed by atoms with van der Waals surface area (Å²) in [6, 6.07) is 0. The lowest BCUT2D eigenvalue weighted by Gasteiger charge is -2.18. The topological polar surface area (TPSA) is 59.5 Å². The Bertz CT molecular complexity index is 307. The average molecular weight is 196 g/mol. The molecule has 0 aliphatic carbocycles. The fourth-order valence-corrected chi connectivity index (χ4v) is 1.41. The van der Waals surface area contributed by atoms with Crippen LogP contribution in [0, 0.1) is 6.92 Å². The van der Waals surface area contributed by atoms with Gasteiger partial charge >= 0.3 is 0 Å². The zero-order chi connectivity index (χ0) is 10.7. The Morgan fingerprint density at radius 2 is 2.07 bits per heavy atom. The Morgan fingerprint density at radius 3 is 2.43 bits per heavy atom. The van der Waals surface area contributed by atoms with Crippen LogP contribution >= 0.6 is 0 Å². The molecule has 0 atom stereocenters. The van der Waals surface area contributed by atoms with Crippen molar-refractivity contribution >= 4 is 11.8 Å². The predicted octanol–water partition coefficient (Wildman–Crippen LogP) is 1.65. The third-order valence-corrected chi connectivity index (χ3v) is 2.27. The van der Waals surface area contributed by atoms with E-state index in [1.54, 1.807) is 4.90 Å². The molecule has 0 aliphatic heterocycles. The van der Waals surface area contributed by atoms with Crippen LogP contribution in [0.4, 0.5) is 5.88 Å². The Hall–Kier alpha value is -1.45. The maximum absolute atomic E-state index is 11.9. The number of nitrogens with two attached hydrogens (primary N) is 1. The van der Waals surface area contributed by atoms with Crippen LogP contribution in [0.1, 0.15) is 29.8 Å². The monoisotopic (exact) mass is 196 g/mol. The first-order chi connectivity index (χ1) is 6.61. The van der Waals surface area contributed by atoms with Crippen molar-refractivity contribution in [3.8, 4) is 0 Å². The van der Waals surface area contributed by atoms with E-state index in [4.69, 9.17) is 10.2 Å². The van der Waals surface area contributed by atoms with Gasteiger partial charge in [-0.2, -0.15) is 0 Å². The van der Waals surface area contributed by atoms with E-state index in [2.05, 4.69) is 0 Å². The minimum atomic E-state index is -0.0567. The number of rotatable bonds is 3. The van der Waals surface area contributed by atoms with Gasteiger partial charge in [0.1, 0.15) is 5.56 Å². The van der Waals surface area contributed by atoms with Gasteiger partial charge in [0, 0.05) is 18.7 Å². The van der Waals surface area contributed by atoms with E-state index in [1.807, 2.05) is 20.8 Å². The van der Waals surface area contributed by atoms with Crippen LogP contribution < -0.4 is 5.73 Å². The number of carbonyl (C=O) groups excluding carboxylic acids is 1. The first kappa shape index (κ1) is 10.6. The zero-order valence-electron chi connectivity index (χ0n) is 8.83. The quantitative estimate of drug-likeness (QED) is 0.799. The molecule has 1 aromatic heterocycles. The summed E-state index contributed by atoms with van der Waals surface area (Å²) in [7, 11) is 0. The molecule has 2 N–H and O–H groups in total. The van der Waals surface area contributed by atoms with Gasteiger partial charge in [-0.15, -0.1) is 0 Å². The molecule has 0 fully saturated rings. The lowest BCUT2D eigenvalue weighted by atomic mass is 10.2. The SMILES string of the molecule is CCN(CC)C(=O)c1c(C)coc1N. The second-order valence-corrected chi connectivity index (χ2v) is 3.14. The highest BCUT2D eigenvalue weighted by molar-refractivity contribution is 5.99. The van der Waals surface area contributed by atoms with Crippen LogP contribution in [0.3, 0.4) is 0 Å². The molecule has 0 bridgehead atoms. The number of hydrogen-bond acceptors (Lipinski definition) is 3. The van der Waals surface area contributed by atoms with Crippen molar-refractivity contribution in [1.29, 1.82) is 0 Å². The standard InChI is InChI=1S/C10H16N2O2/c1-4-12(5-2)10(13)8-7(3)6-14-9(8)11/h6H,4-5,11H2,1-3H3. The summed E-state index contributed by atoms with van der Waals surface area (Å²) >= 11 is 0. The molecule has 0 radical (unpaired) electrons. The number of aryl methyl sites for hydroxylation is 1. The summed E-state index contributed by atoms with van der Waals surface area (Å²) in [6.45, 7) is 7.05. The van der Waals surface area contributed by atoms with Gasteiger partial charge in [-0.25, -0.2) is 0 Å². The molecule has 14 heavy (non-hydrogen) atoms. The van der Waals surface area contributed by atoms with Gasteiger partial charge in [-0.3, -0.25) is 4.79 Å². The number of nitrogens with zero attached hydrogens (tertiary/aromatic N) is 1. The van der Waals surface area contributed by atoms with Crippen molar-refractivity contribution in [2.75, 3.05) is 18.8 Å². The fourth-order valence-electron chi connectivity index (χ4n) is 1.41. The van der Waals surface area contributed by atoms with Crippen LogP contribution in [0.25, 0.3) is 0 Å². The molecule has 1 heterocycles. The average Bonchev–Trinajstić information content (AvgIpc) is 2.48. The van der Waals surface area contributed by atoms with Gasteiger partial charge in [0.2, 0.25) is 5.88 Å². The highest BCUT2D eigenvalue weighted by Gasteiger charge is 2.20. The van der Waals surface area contributed by atoms with Crippen molar-refractivity contribution in [3.63, 3.8) is 0 Å². The first-order valence-electron chi connectivity index (χ1n) is 4.74. The van der Waals surface area contributed by atoms with E-state index in [1.165, 1.54) is 6.26 Å². The maximum Gasteiger partial charge on any atom is 0.259 e. The minimum Gasteiger partial charge on any atom is -0.448 e. The molecule has 4 heteroatoms. The number of amides is 1. The summed E-state index contributed by atoms with van der Waals surface area (Å²) in [6.07, 6.45) is 1.51. The smallest absolute Gasteiger partial charge is 0.259 e. The molecule has 0 saturated carbocycles. The molecule has 4 nitrogen and oxygen atoms in total. The number of furan rings is 1. The summed E-state index contributed by atoms with van der Waals surface area (Å²) in [4.78, 5) is 13.6. The van der Waals surface area contributed by atoms with Crippen molar-refractivity contribution in [2.45, 2.75) is 20.8 Å². The summed E-state index contributed by atoms with van der Waals surface area (Å²) in [5.41, 5.74) is 6.86.